The number of halogens is 1. The summed E-state index contributed by atoms with van der Waals surface area (Å²) in [5.74, 6) is 5.29. The Hall–Kier alpha value is -2.59. The van der Waals surface area contributed by atoms with E-state index in [1.807, 2.05) is 0 Å². The van der Waals surface area contributed by atoms with Gasteiger partial charge in [-0.05, 0) is 45.0 Å². The molecule has 1 heterocycles. The zero-order valence-electron chi connectivity index (χ0n) is 16.8. The molecule has 0 bridgehead atoms. The topological polar surface area (TPSA) is 59.1 Å². The highest BCUT2D eigenvalue weighted by Gasteiger charge is 2.38. The lowest BCUT2D eigenvalue weighted by Gasteiger charge is -2.40. The molecule has 1 atom stereocenters. The minimum absolute atomic E-state index is 0.290. The fraction of sp³-hybridized carbons (Fsp3) is 0.524. The molecule has 7 heteroatoms. The standard InChI is InChI=1S/C21H27FN2O4/c1-21(2,3)28-20(26)24-14-13-23(15-18(24)19(25)27-4)12-6-5-7-16-8-10-17(22)11-9-16/h8-11,18H,6,12-15H2,1-4H3/t18-/m0/s1. The number of carbonyl (C=O) groups is 2. The van der Waals surface area contributed by atoms with Crippen molar-refractivity contribution in [3.05, 3.63) is 35.6 Å². The van der Waals surface area contributed by atoms with E-state index in [2.05, 4.69) is 16.7 Å². The van der Waals surface area contributed by atoms with Crippen LogP contribution in [0.3, 0.4) is 0 Å². The molecule has 0 saturated carbocycles. The summed E-state index contributed by atoms with van der Waals surface area (Å²) < 4.78 is 23.2. The Morgan fingerprint density at radius 2 is 1.89 bits per heavy atom. The van der Waals surface area contributed by atoms with E-state index in [4.69, 9.17) is 9.47 Å². The summed E-state index contributed by atoms with van der Waals surface area (Å²) in [6, 6.07) is 5.31. The summed E-state index contributed by atoms with van der Waals surface area (Å²) in [4.78, 5) is 28.1. The highest BCUT2D eigenvalue weighted by atomic mass is 19.1. The van der Waals surface area contributed by atoms with Gasteiger partial charge < -0.3 is 9.47 Å². The number of methoxy groups -OCH3 is 1. The number of piperazine rings is 1. The van der Waals surface area contributed by atoms with Crippen molar-refractivity contribution in [3.63, 3.8) is 0 Å². The SMILES string of the molecule is COC(=O)[C@@H]1CN(CCC#Cc2ccc(F)cc2)CCN1C(=O)OC(C)(C)C. The van der Waals surface area contributed by atoms with Gasteiger partial charge in [-0.2, -0.15) is 0 Å². The first-order valence-corrected chi connectivity index (χ1v) is 9.24. The monoisotopic (exact) mass is 390 g/mol. The zero-order valence-corrected chi connectivity index (χ0v) is 16.8. The summed E-state index contributed by atoms with van der Waals surface area (Å²) in [6.45, 7) is 7.37. The number of esters is 1. The summed E-state index contributed by atoms with van der Waals surface area (Å²) in [5, 5.41) is 0. The Kier molecular flexibility index (Phi) is 7.41. The van der Waals surface area contributed by atoms with Crippen molar-refractivity contribution in [2.45, 2.75) is 38.8 Å². The van der Waals surface area contributed by atoms with Gasteiger partial charge in [0.1, 0.15) is 17.5 Å². The van der Waals surface area contributed by atoms with Crippen molar-refractivity contribution in [1.82, 2.24) is 9.80 Å². The number of carbonyl (C=O) groups excluding carboxylic acids is 2. The van der Waals surface area contributed by atoms with Crippen LogP contribution in [0.5, 0.6) is 0 Å². The van der Waals surface area contributed by atoms with Crippen molar-refractivity contribution in [2.75, 3.05) is 33.3 Å². The highest BCUT2D eigenvalue weighted by molar-refractivity contribution is 5.82. The number of nitrogens with zero attached hydrogens (tertiary/aromatic N) is 2. The van der Waals surface area contributed by atoms with E-state index in [9.17, 15) is 14.0 Å². The Bertz CT molecular complexity index is 746. The van der Waals surface area contributed by atoms with Crippen molar-refractivity contribution < 1.29 is 23.5 Å². The fourth-order valence-electron chi connectivity index (χ4n) is 2.83. The molecule has 1 aromatic rings. The molecular weight excluding hydrogens is 363 g/mol. The van der Waals surface area contributed by atoms with E-state index in [1.165, 1.54) is 24.1 Å². The zero-order chi connectivity index (χ0) is 20.7. The van der Waals surface area contributed by atoms with E-state index in [-0.39, 0.29) is 5.82 Å². The number of benzene rings is 1. The van der Waals surface area contributed by atoms with Crippen LogP contribution in [0, 0.1) is 17.7 Å². The summed E-state index contributed by atoms with van der Waals surface area (Å²) in [5.41, 5.74) is 0.119. The van der Waals surface area contributed by atoms with Crippen LogP contribution in [-0.4, -0.2) is 66.8 Å². The quantitative estimate of drug-likeness (QED) is 0.587. The van der Waals surface area contributed by atoms with Gasteiger partial charge in [0.15, 0.2) is 0 Å². The van der Waals surface area contributed by atoms with Crippen LogP contribution in [0.25, 0.3) is 0 Å². The third-order valence-electron chi connectivity index (χ3n) is 4.20. The molecule has 28 heavy (non-hydrogen) atoms. The first kappa shape index (κ1) is 21.7. The predicted molar refractivity (Wildman–Crippen MR) is 103 cm³/mol. The van der Waals surface area contributed by atoms with Crippen LogP contribution in [0.2, 0.25) is 0 Å². The third-order valence-corrected chi connectivity index (χ3v) is 4.20. The fourth-order valence-corrected chi connectivity index (χ4v) is 2.83. The first-order chi connectivity index (χ1) is 13.2. The maximum absolute atomic E-state index is 12.9. The minimum atomic E-state index is -0.710. The van der Waals surface area contributed by atoms with Crippen molar-refractivity contribution in [2.24, 2.45) is 0 Å². The van der Waals surface area contributed by atoms with E-state index in [1.54, 1.807) is 32.9 Å². The molecular formula is C21H27FN2O4. The number of rotatable bonds is 3. The molecule has 6 nitrogen and oxygen atoms in total. The highest BCUT2D eigenvalue weighted by Crippen LogP contribution is 2.17. The molecule has 1 aliphatic heterocycles. The second-order valence-corrected chi connectivity index (χ2v) is 7.57. The molecule has 1 amide bonds. The molecule has 0 aromatic heterocycles. The minimum Gasteiger partial charge on any atom is -0.467 e. The van der Waals surface area contributed by atoms with Gasteiger partial charge in [-0.15, -0.1) is 0 Å². The van der Waals surface area contributed by atoms with Crippen LogP contribution in [0.1, 0.15) is 32.8 Å². The Morgan fingerprint density at radius 1 is 1.21 bits per heavy atom. The van der Waals surface area contributed by atoms with Crippen LogP contribution in [0.4, 0.5) is 9.18 Å². The second-order valence-electron chi connectivity index (χ2n) is 7.57. The molecule has 0 unspecified atom stereocenters. The molecule has 0 spiro atoms. The van der Waals surface area contributed by atoms with E-state index < -0.39 is 23.7 Å². The van der Waals surface area contributed by atoms with E-state index in [0.29, 0.717) is 32.6 Å². The lowest BCUT2D eigenvalue weighted by molar-refractivity contribution is -0.149. The number of ether oxygens (including phenoxy) is 2. The van der Waals surface area contributed by atoms with Gasteiger partial charge in [-0.1, -0.05) is 11.8 Å². The van der Waals surface area contributed by atoms with Crippen LogP contribution >= 0.6 is 0 Å². The molecule has 2 rings (SSSR count). The van der Waals surface area contributed by atoms with Crippen molar-refractivity contribution in [3.8, 4) is 11.8 Å². The molecule has 0 N–H and O–H groups in total. The van der Waals surface area contributed by atoms with Gasteiger partial charge in [-0.3, -0.25) is 9.80 Å². The largest absolute Gasteiger partial charge is 0.467 e. The first-order valence-electron chi connectivity index (χ1n) is 9.24. The van der Waals surface area contributed by atoms with Crippen LogP contribution in [-0.2, 0) is 14.3 Å². The average Bonchev–Trinajstić information content (AvgIpc) is 2.64. The molecule has 0 radical (unpaired) electrons. The maximum Gasteiger partial charge on any atom is 0.411 e. The van der Waals surface area contributed by atoms with E-state index >= 15 is 0 Å². The molecule has 0 aliphatic carbocycles. The number of amides is 1. The van der Waals surface area contributed by atoms with Crippen LogP contribution in [0.15, 0.2) is 24.3 Å². The van der Waals surface area contributed by atoms with Gasteiger partial charge in [-0.25, -0.2) is 14.0 Å². The lowest BCUT2D eigenvalue weighted by atomic mass is 10.1. The molecule has 1 fully saturated rings. The summed E-state index contributed by atoms with van der Waals surface area (Å²) >= 11 is 0. The Labute approximate surface area is 165 Å². The third kappa shape index (κ3) is 6.54. The average molecular weight is 390 g/mol. The van der Waals surface area contributed by atoms with Gasteiger partial charge in [0.05, 0.1) is 7.11 Å². The second kappa shape index (κ2) is 9.56. The predicted octanol–water partition coefficient (Wildman–Crippen LogP) is 2.66. The van der Waals surface area contributed by atoms with Gasteiger partial charge >= 0.3 is 12.1 Å². The maximum atomic E-state index is 12.9. The lowest BCUT2D eigenvalue weighted by Crippen LogP contribution is -2.59. The van der Waals surface area contributed by atoms with Crippen molar-refractivity contribution >= 4 is 12.1 Å². The Morgan fingerprint density at radius 3 is 2.50 bits per heavy atom. The normalized spacial score (nSPS) is 17.5. The van der Waals surface area contributed by atoms with Crippen LogP contribution < -0.4 is 0 Å². The van der Waals surface area contributed by atoms with Gasteiger partial charge in [0.2, 0.25) is 0 Å². The van der Waals surface area contributed by atoms with Gasteiger partial charge in [0.25, 0.3) is 0 Å². The smallest absolute Gasteiger partial charge is 0.411 e. The molecule has 1 aliphatic rings. The van der Waals surface area contributed by atoms with E-state index in [0.717, 1.165) is 5.56 Å². The summed E-state index contributed by atoms with van der Waals surface area (Å²) in [6.07, 6.45) is 0.0798. The van der Waals surface area contributed by atoms with Gasteiger partial charge in [0, 0.05) is 38.2 Å². The number of hydrogen-bond donors (Lipinski definition) is 0. The molecule has 152 valence electrons. The Balaban J connectivity index is 1.94. The molecule has 1 aromatic carbocycles. The summed E-state index contributed by atoms with van der Waals surface area (Å²) in [7, 11) is 1.31. The van der Waals surface area contributed by atoms with Crippen molar-refractivity contribution in [1.29, 1.82) is 0 Å². The molecule has 1 saturated heterocycles. The number of hydrogen-bond acceptors (Lipinski definition) is 5.